The van der Waals surface area contributed by atoms with E-state index in [2.05, 4.69) is 0 Å². The van der Waals surface area contributed by atoms with Crippen LogP contribution in [0.2, 0.25) is 0 Å². The van der Waals surface area contributed by atoms with Gasteiger partial charge in [0.25, 0.3) is 0 Å². The Bertz CT molecular complexity index is 426. The summed E-state index contributed by atoms with van der Waals surface area (Å²) in [6.07, 6.45) is 1.94. The van der Waals surface area contributed by atoms with Crippen LogP contribution >= 0.6 is 11.8 Å². The van der Waals surface area contributed by atoms with Crippen LogP contribution in [0.4, 0.5) is 0 Å². The van der Waals surface area contributed by atoms with Crippen molar-refractivity contribution in [3.63, 3.8) is 0 Å². The average Bonchev–Trinajstić information content (AvgIpc) is 2.93. The molecule has 0 aliphatic carbocycles. The molecule has 0 bridgehead atoms. The summed E-state index contributed by atoms with van der Waals surface area (Å²) in [5.74, 6) is 2.04. The van der Waals surface area contributed by atoms with Crippen molar-refractivity contribution in [1.29, 1.82) is 0 Å². The maximum Gasteiger partial charge on any atom is 0.246 e. The Morgan fingerprint density at radius 2 is 1.82 bits per heavy atom. The molecular formula is C16H29N3O2S. The molecule has 2 saturated heterocycles. The zero-order valence-electron chi connectivity index (χ0n) is 14.2. The molecule has 2 unspecified atom stereocenters. The van der Waals surface area contributed by atoms with E-state index in [4.69, 9.17) is 5.73 Å². The van der Waals surface area contributed by atoms with E-state index >= 15 is 0 Å². The average molecular weight is 327 g/mol. The maximum absolute atomic E-state index is 12.8. The molecule has 2 heterocycles. The Balaban J connectivity index is 1.99. The minimum atomic E-state index is -0.439. The Morgan fingerprint density at radius 1 is 1.23 bits per heavy atom. The first kappa shape index (κ1) is 17.6. The van der Waals surface area contributed by atoms with E-state index in [9.17, 15) is 9.59 Å². The van der Waals surface area contributed by atoms with Crippen molar-refractivity contribution >= 4 is 23.6 Å². The molecule has 0 saturated carbocycles. The van der Waals surface area contributed by atoms with E-state index in [-0.39, 0.29) is 23.9 Å². The van der Waals surface area contributed by atoms with Gasteiger partial charge in [-0.15, -0.1) is 11.8 Å². The number of piperidine rings is 1. The highest BCUT2D eigenvalue weighted by Crippen LogP contribution is 2.29. The quantitative estimate of drug-likeness (QED) is 0.835. The molecule has 2 rings (SSSR count). The van der Waals surface area contributed by atoms with Gasteiger partial charge in [0, 0.05) is 30.3 Å². The molecule has 0 radical (unpaired) electrons. The largest absolute Gasteiger partial charge is 0.341 e. The summed E-state index contributed by atoms with van der Waals surface area (Å²) >= 11 is 1.67. The van der Waals surface area contributed by atoms with E-state index in [1.165, 1.54) is 0 Å². The highest BCUT2D eigenvalue weighted by atomic mass is 32.2. The summed E-state index contributed by atoms with van der Waals surface area (Å²) in [6.45, 7) is 9.31. The molecule has 2 N–H and O–H groups in total. The number of thioether (sulfide) groups is 1. The van der Waals surface area contributed by atoms with Crippen molar-refractivity contribution in [2.24, 2.45) is 17.1 Å². The van der Waals surface area contributed by atoms with E-state index in [0.29, 0.717) is 17.5 Å². The fourth-order valence-corrected chi connectivity index (χ4v) is 4.28. The van der Waals surface area contributed by atoms with Crippen LogP contribution in [-0.2, 0) is 9.59 Å². The van der Waals surface area contributed by atoms with Gasteiger partial charge in [-0.1, -0.05) is 20.8 Å². The molecule has 6 heteroatoms. The van der Waals surface area contributed by atoms with Crippen LogP contribution in [0.25, 0.3) is 0 Å². The first-order chi connectivity index (χ1) is 10.2. The third kappa shape index (κ3) is 3.77. The second-order valence-electron chi connectivity index (χ2n) is 7.56. The Labute approximate surface area is 138 Å². The number of nitrogens with zero attached hydrogens (tertiary/aromatic N) is 2. The summed E-state index contributed by atoms with van der Waals surface area (Å²) in [6, 6.07) is -0.0955. The lowest BCUT2D eigenvalue weighted by Crippen LogP contribution is -2.53. The number of hydrogen-bond donors (Lipinski definition) is 1. The van der Waals surface area contributed by atoms with Crippen LogP contribution in [0.3, 0.4) is 0 Å². The van der Waals surface area contributed by atoms with Gasteiger partial charge < -0.3 is 15.5 Å². The molecule has 0 spiro atoms. The van der Waals surface area contributed by atoms with Gasteiger partial charge in [0.05, 0.1) is 5.88 Å². The van der Waals surface area contributed by atoms with Crippen molar-refractivity contribution < 1.29 is 9.59 Å². The predicted molar refractivity (Wildman–Crippen MR) is 90.4 cm³/mol. The topological polar surface area (TPSA) is 66.6 Å². The summed E-state index contributed by atoms with van der Waals surface area (Å²) in [7, 11) is 0. The van der Waals surface area contributed by atoms with Crippen LogP contribution in [0, 0.1) is 11.3 Å². The van der Waals surface area contributed by atoms with Gasteiger partial charge in [-0.2, -0.15) is 0 Å². The van der Waals surface area contributed by atoms with Crippen molar-refractivity contribution in [2.45, 2.75) is 52.6 Å². The third-order valence-corrected chi connectivity index (χ3v) is 5.68. The van der Waals surface area contributed by atoms with Gasteiger partial charge in [0.15, 0.2) is 0 Å². The Kier molecular flexibility index (Phi) is 5.43. The fourth-order valence-electron chi connectivity index (χ4n) is 3.13. The molecule has 2 fully saturated rings. The molecule has 2 aliphatic heterocycles. The van der Waals surface area contributed by atoms with Crippen LogP contribution in [0.1, 0.15) is 40.5 Å². The minimum absolute atomic E-state index is 0.0707. The number of rotatable bonds is 2. The van der Waals surface area contributed by atoms with Crippen molar-refractivity contribution in [3.8, 4) is 0 Å². The van der Waals surface area contributed by atoms with Gasteiger partial charge in [-0.3, -0.25) is 9.59 Å². The van der Waals surface area contributed by atoms with Crippen molar-refractivity contribution in [2.75, 3.05) is 24.7 Å². The Hall–Kier alpha value is -0.750. The van der Waals surface area contributed by atoms with E-state index in [1.54, 1.807) is 16.7 Å². The fraction of sp³-hybridized carbons (Fsp3) is 0.875. The number of hydrogen-bond acceptors (Lipinski definition) is 4. The zero-order chi connectivity index (χ0) is 16.5. The minimum Gasteiger partial charge on any atom is -0.341 e. The van der Waals surface area contributed by atoms with Crippen LogP contribution in [0.5, 0.6) is 0 Å². The summed E-state index contributed by atoms with van der Waals surface area (Å²) in [4.78, 5) is 29.0. The monoisotopic (exact) mass is 327 g/mol. The number of likely N-dealkylation sites (tertiary alicyclic amines) is 1. The standard InChI is InChI=1S/C16H29N3O2S/c1-11(17)12-5-7-18(8-6-12)14(20)13-9-22-10-19(13)15(21)16(2,3)4/h11-13H,5-10,17H2,1-4H3. The normalized spacial score (nSPS) is 25.4. The van der Waals surface area contributed by atoms with Gasteiger partial charge in [0.1, 0.15) is 6.04 Å². The smallest absolute Gasteiger partial charge is 0.246 e. The molecule has 0 aromatic carbocycles. The van der Waals surface area contributed by atoms with E-state index < -0.39 is 5.41 Å². The SMILES string of the molecule is CC(N)C1CCN(C(=O)C2CSCN2C(=O)C(C)(C)C)CC1. The molecule has 5 nitrogen and oxygen atoms in total. The molecular weight excluding hydrogens is 298 g/mol. The molecule has 22 heavy (non-hydrogen) atoms. The summed E-state index contributed by atoms with van der Waals surface area (Å²) in [5, 5.41) is 0. The van der Waals surface area contributed by atoms with Gasteiger partial charge in [-0.05, 0) is 25.7 Å². The van der Waals surface area contributed by atoms with Gasteiger partial charge >= 0.3 is 0 Å². The highest BCUT2D eigenvalue weighted by molar-refractivity contribution is 7.99. The van der Waals surface area contributed by atoms with Crippen LogP contribution < -0.4 is 5.73 Å². The van der Waals surface area contributed by atoms with Crippen molar-refractivity contribution in [1.82, 2.24) is 9.80 Å². The third-order valence-electron chi connectivity index (χ3n) is 4.66. The number of nitrogens with two attached hydrogens (primary N) is 1. The molecule has 2 atom stereocenters. The lowest BCUT2D eigenvalue weighted by atomic mass is 9.90. The lowest BCUT2D eigenvalue weighted by molar-refractivity contribution is -0.148. The first-order valence-corrected chi connectivity index (χ1v) is 9.30. The number of carbonyl (C=O) groups excluding carboxylic acids is 2. The lowest BCUT2D eigenvalue weighted by Gasteiger charge is -2.37. The molecule has 0 aromatic heterocycles. The van der Waals surface area contributed by atoms with E-state index in [0.717, 1.165) is 25.9 Å². The molecule has 2 aliphatic rings. The predicted octanol–water partition coefficient (Wildman–Crippen LogP) is 1.52. The van der Waals surface area contributed by atoms with E-state index in [1.807, 2.05) is 32.6 Å². The Morgan fingerprint density at radius 3 is 2.32 bits per heavy atom. The molecule has 2 amide bonds. The number of carbonyl (C=O) groups is 2. The van der Waals surface area contributed by atoms with Crippen LogP contribution in [-0.4, -0.2) is 58.4 Å². The maximum atomic E-state index is 12.8. The summed E-state index contributed by atoms with van der Waals surface area (Å²) < 4.78 is 0. The van der Waals surface area contributed by atoms with Crippen LogP contribution in [0.15, 0.2) is 0 Å². The second kappa shape index (κ2) is 6.79. The second-order valence-corrected chi connectivity index (χ2v) is 8.56. The highest BCUT2D eigenvalue weighted by Gasteiger charge is 2.41. The molecule has 0 aromatic rings. The van der Waals surface area contributed by atoms with Gasteiger partial charge in [0.2, 0.25) is 11.8 Å². The van der Waals surface area contributed by atoms with Crippen molar-refractivity contribution in [3.05, 3.63) is 0 Å². The van der Waals surface area contributed by atoms with Gasteiger partial charge in [-0.25, -0.2) is 0 Å². The number of amides is 2. The molecule has 126 valence electrons. The summed E-state index contributed by atoms with van der Waals surface area (Å²) in [5.41, 5.74) is 5.52. The zero-order valence-corrected chi connectivity index (χ0v) is 15.0. The first-order valence-electron chi connectivity index (χ1n) is 8.15.